The topological polar surface area (TPSA) is 56.6 Å². The van der Waals surface area contributed by atoms with Crippen LogP contribution in [0.5, 0.6) is 0 Å². The van der Waals surface area contributed by atoms with Gasteiger partial charge in [0.05, 0.1) is 5.56 Å². The Kier molecular flexibility index (Phi) is 4.39. The maximum absolute atomic E-state index is 13.0. The minimum absolute atomic E-state index is 0.163. The zero-order valence-electron chi connectivity index (χ0n) is 13.7. The molecule has 0 saturated carbocycles. The number of alkyl halides is 3. The van der Waals surface area contributed by atoms with E-state index in [0.717, 1.165) is 17.7 Å². The lowest BCUT2D eigenvalue weighted by Crippen LogP contribution is -2.13. The first-order valence-electron chi connectivity index (χ1n) is 7.71. The van der Waals surface area contributed by atoms with Gasteiger partial charge in [0.1, 0.15) is 11.6 Å². The highest BCUT2D eigenvalue weighted by molar-refractivity contribution is 5.75. The lowest BCUT2D eigenvalue weighted by molar-refractivity contribution is -0.137. The molecule has 1 heterocycles. The molecule has 0 bridgehead atoms. The lowest BCUT2D eigenvalue weighted by atomic mass is 9.97. The number of rotatable bonds is 2. The summed E-state index contributed by atoms with van der Waals surface area (Å²) in [6.07, 6.45) is -4.51. The van der Waals surface area contributed by atoms with Gasteiger partial charge in [-0.3, -0.25) is 4.79 Å². The smallest absolute Gasteiger partial charge is 0.321 e. The highest BCUT2D eigenvalue weighted by Gasteiger charge is 2.30. The monoisotopic (exact) mass is 354 g/mol. The first-order chi connectivity index (χ1) is 12.3. The van der Waals surface area contributed by atoms with Crippen LogP contribution in [0.2, 0.25) is 0 Å². The Morgan fingerprint density at radius 3 is 2.31 bits per heavy atom. The molecule has 3 aromatic rings. The third-order valence-electron chi connectivity index (χ3n) is 4.01. The number of aryl methyl sites for hydroxylation is 1. The molecule has 0 amide bonds. The first-order valence-corrected chi connectivity index (χ1v) is 7.71. The fraction of sp³-hybridized carbons (Fsp3) is 0.100. The van der Waals surface area contributed by atoms with E-state index in [0.29, 0.717) is 11.3 Å². The van der Waals surface area contributed by atoms with Gasteiger partial charge >= 0.3 is 6.18 Å². The summed E-state index contributed by atoms with van der Waals surface area (Å²) < 4.78 is 39.0. The van der Waals surface area contributed by atoms with Crippen molar-refractivity contribution in [1.82, 2.24) is 4.98 Å². The molecule has 1 N–H and O–H groups in total. The first kappa shape index (κ1) is 17.5. The van der Waals surface area contributed by atoms with Crippen molar-refractivity contribution in [2.75, 3.05) is 0 Å². The van der Waals surface area contributed by atoms with Crippen LogP contribution in [-0.4, -0.2) is 4.98 Å². The summed E-state index contributed by atoms with van der Waals surface area (Å²) in [5.74, 6) is 0. The molecule has 26 heavy (non-hydrogen) atoms. The summed E-state index contributed by atoms with van der Waals surface area (Å²) in [6.45, 7) is 1.92. The second kappa shape index (κ2) is 6.52. The van der Waals surface area contributed by atoms with Crippen LogP contribution < -0.4 is 5.56 Å². The summed E-state index contributed by atoms with van der Waals surface area (Å²) in [7, 11) is 0. The van der Waals surface area contributed by atoms with E-state index in [1.807, 2.05) is 19.1 Å². The van der Waals surface area contributed by atoms with Crippen molar-refractivity contribution in [2.45, 2.75) is 13.1 Å². The zero-order chi connectivity index (χ0) is 18.9. The Morgan fingerprint density at radius 2 is 1.69 bits per heavy atom. The zero-order valence-corrected chi connectivity index (χ0v) is 13.7. The van der Waals surface area contributed by atoms with Crippen molar-refractivity contribution < 1.29 is 13.2 Å². The van der Waals surface area contributed by atoms with Gasteiger partial charge in [0.2, 0.25) is 0 Å². The van der Waals surface area contributed by atoms with Crippen molar-refractivity contribution in [1.29, 1.82) is 5.26 Å². The number of nitriles is 1. The quantitative estimate of drug-likeness (QED) is 0.711. The SMILES string of the molecule is Cc1ccc(-c2cc(-c3cccc(C(F)(F)F)c3)c(C#N)c(=O)[nH]2)cc1. The summed E-state index contributed by atoms with van der Waals surface area (Å²) >= 11 is 0. The second-order valence-electron chi connectivity index (χ2n) is 5.86. The summed E-state index contributed by atoms with van der Waals surface area (Å²) in [4.78, 5) is 14.9. The van der Waals surface area contributed by atoms with E-state index in [-0.39, 0.29) is 16.7 Å². The number of hydrogen-bond donors (Lipinski definition) is 1. The van der Waals surface area contributed by atoms with Crippen LogP contribution in [-0.2, 0) is 6.18 Å². The third kappa shape index (κ3) is 3.38. The molecule has 3 nitrogen and oxygen atoms in total. The van der Waals surface area contributed by atoms with Crippen molar-refractivity contribution in [2.24, 2.45) is 0 Å². The van der Waals surface area contributed by atoms with E-state index in [1.54, 1.807) is 18.2 Å². The normalized spacial score (nSPS) is 11.2. The van der Waals surface area contributed by atoms with Crippen molar-refractivity contribution in [3.8, 4) is 28.5 Å². The Bertz CT molecular complexity index is 1060. The molecule has 0 saturated heterocycles. The minimum Gasteiger partial charge on any atom is -0.321 e. The molecule has 0 atom stereocenters. The van der Waals surface area contributed by atoms with Gasteiger partial charge < -0.3 is 4.98 Å². The number of nitrogens with zero attached hydrogens (tertiary/aromatic N) is 1. The number of aromatic nitrogens is 1. The molecule has 0 radical (unpaired) electrons. The fourth-order valence-corrected chi connectivity index (χ4v) is 2.65. The molecular formula is C20H13F3N2O. The average Bonchev–Trinajstić information content (AvgIpc) is 2.61. The number of benzene rings is 2. The van der Waals surface area contributed by atoms with Crippen LogP contribution in [0.1, 0.15) is 16.7 Å². The Hall–Kier alpha value is -3.33. The predicted octanol–water partition coefficient (Wildman–Crippen LogP) is 4.91. The molecule has 2 aromatic carbocycles. The molecule has 0 aliphatic heterocycles. The van der Waals surface area contributed by atoms with Gasteiger partial charge in [-0.1, -0.05) is 42.0 Å². The minimum atomic E-state index is -4.51. The highest BCUT2D eigenvalue weighted by atomic mass is 19.4. The standard InChI is InChI=1S/C20H13F3N2O/c1-12-5-7-13(8-6-12)18-10-16(17(11-24)19(26)25-18)14-3-2-4-15(9-14)20(21,22)23/h2-10H,1H3,(H,25,26). The predicted molar refractivity (Wildman–Crippen MR) is 92.4 cm³/mol. The van der Waals surface area contributed by atoms with Gasteiger partial charge in [-0.25, -0.2) is 0 Å². The Labute approximate surface area is 147 Å². The molecule has 1 aromatic heterocycles. The van der Waals surface area contributed by atoms with E-state index >= 15 is 0 Å². The highest BCUT2D eigenvalue weighted by Crippen LogP contribution is 2.33. The van der Waals surface area contributed by atoms with Gasteiger partial charge in [-0.05, 0) is 36.2 Å². The van der Waals surface area contributed by atoms with Gasteiger partial charge in [0.15, 0.2) is 0 Å². The van der Waals surface area contributed by atoms with Gasteiger partial charge in [-0.2, -0.15) is 18.4 Å². The number of halogens is 3. The van der Waals surface area contributed by atoms with E-state index in [9.17, 15) is 23.2 Å². The molecule has 3 rings (SSSR count). The van der Waals surface area contributed by atoms with Gasteiger partial charge in [-0.15, -0.1) is 0 Å². The number of aromatic amines is 1. The van der Waals surface area contributed by atoms with Crippen LogP contribution >= 0.6 is 0 Å². The van der Waals surface area contributed by atoms with Crippen LogP contribution in [0.3, 0.4) is 0 Å². The maximum atomic E-state index is 13.0. The summed E-state index contributed by atoms with van der Waals surface area (Å²) in [5, 5.41) is 9.30. The molecule has 0 aliphatic rings. The molecule has 6 heteroatoms. The summed E-state index contributed by atoms with van der Waals surface area (Å²) in [6, 6.07) is 15.2. The molecular weight excluding hydrogens is 341 g/mol. The fourth-order valence-electron chi connectivity index (χ4n) is 2.65. The van der Waals surface area contributed by atoms with Crippen LogP contribution in [0.4, 0.5) is 13.2 Å². The molecule has 0 spiro atoms. The third-order valence-corrected chi connectivity index (χ3v) is 4.01. The second-order valence-corrected chi connectivity index (χ2v) is 5.86. The number of H-pyrrole nitrogens is 1. The van der Waals surface area contributed by atoms with E-state index in [1.165, 1.54) is 18.2 Å². The lowest BCUT2D eigenvalue weighted by Gasteiger charge is -2.11. The molecule has 0 unspecified atom stereocenters. The van der Waals surface area contributed by atoms with E-state index in [2.05, 4.69) is 4.98 Å². The Balaban J connectivity index is 2.22. The summed E-state index contributed by atoms with van der Waals surface area (Å²) in [5.41, 5.74) is 0.790. The van der Waals surface area contributed by atoms with Crippen molar-refractivity contribution >= 4 is 0 Å². The molecule has 130 valence electrons. The largest absolute Gasteiger partial charge is 0.416 e. The van der Waals surface area contributed by atoms with Crippen molar-refractivity contribution in [3.05, 3.63) is 81.6 Å². The number of nitrogens with one attached hydrogen (secondary N) is 1. The van der Waals surface area contributed by atoms with Gasteiger partial charge in [0, 0.05) is 11.3 Å². The molecule has 0 aliphatic carbocycles. The number of hydrogen-bond acceptors (Lipinski definition) is 2. The van der Waals surface area contributed by atoms with Crippen LogP contribution in [0.15, 0.2) is 59.4 Å². The average molecular weight is 354 g/mol. The van der Waals surface area contributed by atoms with Crippen LogP contribution in [0, 0.1) is 18.3 Å². The number of pyridine rings is 1. The Morgan fingerprint density at radius 1 is 1.00 bits per heavy atom. The van der Waals surface area contributed by atoms with E-state index < -0.39 is 17.3 Å². The van der Waals surface area contributed by atoms with Gasteiger partial charge in [0.25, 0.3) is 5.56 Å². The van der Waals surface area contributed by atoms with Crippen LogP contribution in [0.25, 0.3) is 22.4 Å². The maximum Gasteiger partial charge on any atom is 0.416 e. The van der Waals surface area contributed by atoms with E-state index in [4.69, 9.17) is 0 Å². The van der Waals surface area contributed by atoms with Crippen molar-refractivity contribution in [3.63, 3.8) is 0 Å². The molecule has 0 fully saturated rings.